The number of carbonyl (C=O) groups excluding carboxylic acids is 1. The Morgan fingerprint density at radius 3 is 2.71 bits per heavy atom. The van der Waals surface area contributed by atoms with Gasteiger partial charge in [-0.2, -0.15) is 0 Å². The highest BCUT2D eigenvalue weighted by atomic mass is 35.5. The Labute approximate surface area is 216 Å². The summed E-state index contributed by atoms with van der Waals surface area (Å²) in [7, 11) is 0. The number of aromatic nitrogens is 2. The molecule has 1 aliphatic rings. The standard InChI is InChI=1S/C25H35ClN4O4S/c1-5-8-14-25(7-3,15-9-6-2)29-17-22(34-23(31)20-11-10-16-33-20)30(32,18-29)24-28-27-21(35-24)13-12-19(4)26/h3,10-11,16,19,22H,5-6,8-9,12-15,17-18H2,1-2,4H3. The lowest BCUT2D eigenvalue weighted by Gasteiger charge is -2.40. The van der Waals surface area contributed by atoms with Crippen molar-refractivity contribution < 1.29 is 13.9 Å². The minimum atomic E-state index is -1.05. The normalized spacial score (nSPS) is 21.7. The maximum Gasteiger partial charge on any atom is 0.378 e. The zero-order chi connectivity index (χ0) is 25.5. The first-order chi connectivity index (χ1) is 16.8. The highest BCUT2D eigenvalue weighted by molar-refractivity contribution is 7.15. The van der Waals surface area contributed by atoms with Gasteiger partial charge in [0.15, 0.2) is 0 Å². The molecule has 192 valence electrons. The SMILES string of the molecule is C#CC(CCCC)(CCCC)N1CC(OC(=O)c2ccco2)[N+]([O-])(c2nnc(CCC(C)Cl)s2)C1. The molecule has 0 spiro atoms. The molecule has 10 heteroatoms. The summed E-state index contributed by atoms with van der Waals surface area (Å²) in [4.78, 5) is 14.8. The number of carbonyl (C=O) groups is 1. The van der Waals surface area contributed by atoms with Crippen LogP contribution in [0.15, 0.2) is 22.8 Å². The van der Waals surface area contributed by atoms with E-state index in [0.717, 1.165) is 50.0 Å². The highest BCUT2D eigenvalue weighted by Gasteiger charge is 2.52. The molecule has 3 heterocycles. The fourth-order valence-corrected chi connectivity index (χ4v) is 5.38. The molecule has 3 unspecified atom stereocenters. The summed E-state index contributed by atoms with van der Waals surface area (Å²) < 4.78 is 10.00. The van der Waals surface area contributed by atoms with Crippen LogP contribution in [0.25, 0.3) is 0 Å². The fourth-order valence-electron chi connectivity index (χ4n) is 4.35. The van der Waals surface area contributed by atoms with Crippen LogP contribution in [0.2, 0.25) is 0 Å². The van der Waals surface area contributed by atoms with Crippen LogP contribution in [-0.2, 0) is 11.2 Å². The summed E-state index contributed by atoms with van der Waals surface area (Å²) in [5.41, 5.74) is -0.590. The van der Waals surface area contributed by atoms with Crippen LogP contribution in [0.5, 0.6) is 0 Å². The average molecular weight is 523 g/mol. The van der Waals surface area contributed by atoms with Gasteiger partial charge in [-0.1, -0.05) is 50.5 Å². The zero-order valence-corrected chi connectivity index (χ0v) is 22.3. The molecule has 3 atom stereocenters. The Bertz CT molecular complexity index is 982. The van der Waals surface area contributed by atoms with Crippen LogP contribution in [0.1, 0.15) is 81.3 Å². The van der Waals surface area contributed by atoms with Crippen molar-refractivity contribution in [1.29, 1.82) is 0 Å². The molecule has 1 aliphatic heterocycles. The van der Waals surface area contributed by atoms with Crippen molar-refractivity contribution in [2.75, 3.05) is 13.2 Å². The number of ether oxygens (including phenoxy) is 1. The summed E-state index contributed by atoms with van der Waals surface area (Å²) in [6, 6.07) is 3.11. The lowest BCUT2D eigenvalue weighted by Crippen LogP contribution is -2.52. The predicted molar refractivity (Wildman–Crippen MR) is 139 cm³/mol. The predicted octanol–water partition coefficient (Wildman–Crippen LogP) is 5.70. The molecular formula is C25H35ClN4O4S. The number of hydroxylamine groups is 2. The number of furan rings is 1. The van der Waals surface area contributed by atoms with E-state index in [0.29, 0.717) is 6.42 Å². The number of terminal acetylenes is 1. The molecule has 0 N–H and O–H groups in total. The third-order valence-corrected chi connectivity index (χ3v) is 7.80. The average Bonchev–Trinajstić information content (AvgIpc) is 3.60. The Kier molecular flexibility index (Phi) is 9.73. The fraction of sp³-hybridized carbons (Fsp3) is 0.640. The van der Waals surface area contributed by atoms with Gasteiger partial charge in [0, 0.05) is 11.8 Å². The number of unbranched alkanes of at least 4 members (excludes halogenated alkanes) is 2. The Morgan fingerprint density at radius 1 is 1.43 bits per heavy atom. The maximum atomic E-state index is 14.4. The molecule has 2 aromatic rings. The van der Waals surface area contributed by atoms with Crippen molar-refractivity contribution in [2.24, 2.45) is 0 Å². The molecule has 35 heavy (non-hydrogen) atoms. The molecule has 0 saturated carbocycles. The monoisotopic (exact) mass is 522 g/mol. The van der Waals surface area contributed by atoms with E-state index in [-0.39, 0.29) is 29.5 Å². The lowest BCUT2D eigenvalue weighted by molar-refractivity contribution is 0.00185. The molecule has 1 fully saturated rings. The lowest BCUT2D eigenvalue weighted by atomic mass is 9.86. The molecule has 0 bridgehead atoms. The number of nitrogens with zero attached hydrogens (tertiary/aromatic N) is 4. The summed E-state index contributed by atoms with van der Waals surface area (Å²) in [6.07, 6.45) is 13.3. The van der Waals surface area contributed by atoms with Crippen molar-refractivity contribution in [3.63, 3.8) is 0 Å². The Balaban J connectivity index is 1.93. The van der Waals surface area contributed by atoms with Gasteiger partial charge in [-0.3, -0.25) is 4.65 Å². The van der Waals surface area contributed by atoms with Gasteiger partial charge in [-0.05, 0) is 49.7 Å². The maximum absolute atomic E-state index is 14.4. The van der Waals surface area contributed by atoms with Gasteiger partial charge < -0.3 is 14.4 Å². The van der Waals surface area contributed by atoms with Gasteiger partial charge in [-0.25, -0.2) is 9.69 Å². The quantitative estimate of drug-likeness (QED) is 0.109. The second-order valence-electron chi connectivity index (χ2n) is 9.18. The van der Waals surface area contributed by atoms with Gasteiger partial charge in [0.2, 0.25) is 5.76 Å². The molecular weight excluding hydrogens is 488 g/mol. The largest absolute Gasteiger partial charge is 0.622 e. The summed E-state index contributed by atoms with van der Waals surface area (Å²) in [6.45, 7) is 6.41. The third-order valence-electron chi connectivity index (χ3n) is 6.49. The Hall–Kier alpha value is -1.96. The van der Waals surface area contributed by atoms with Crippen molar-refractivity contribution in [2.45, 2.75) is 89.3 Å². The van der Waals surface area contributed by atoms with Crippen LogP contribution >= 0.6 is 22.9 Å². The topological polar surface area (TPSA) is 91.5 Å². The van der Waals surface area contributed by atoms with Gasteiger partial charge in [0.1, 0.15) is 11.7 Å². The summed E-state index contributed by atoms with van der Waals surface area (Å²) >= 11 is 7.33. The summed E-state index contributed by atoms with van der Waals surface area (Å²) in [5.74, 6) is 2.39. The number of esters is 1. The first-order valence-electron chi connectivity index (χ1n) is 12.3. The van der Waals surface area contributed by atoms with E-state index in [2.05, 4.69) is 30.0 Å². The van der Waals surface area contributed by atoms with E-state index < -0.39 is 22.4 Å². The van der Waals surface area contributed by atoms with Crippen LogP contribution in [-0.4, -0.2) is 51.4 Å². The van der Waals surface area contributed by atoms with Gasteiger partial charge >= 0.3 is 11.1 Å². The molecule has 8 nitrogen and oxygen atoms in total. The van der Waals surface area contributed by atoms with Gasteiger partial charge in [0.05, 0.1) is 18.3 Å². The molecule has 0 amide bonds. The van der Waals surface area contributed by atoms with Crippen molar-refractivity contribution >= 4 is 34.0 Å². The van der Waals surface area contributed by atoms with Crippen LogP contribution in [0.4, 0.5) is 5.13 Å². The number of alkyl halides is 1. The number of rotatable bonds is 13. The molecule has 2 aromatic heterocycles. The van der Waals surface area contributed by atoms with Crippen molar-refractivity contribution in [1.82, 2.24) is 19.7 Å². The van der Waals surface area contributed by atoms with Crippen LogP contribution in [0, 0.1) is 17.6 Å². The van der Waals surface area contributed by atoms with Gasteiger partial charge in [0.25, 0.3) is 6.23 Å². The number of hydrogen-bond donors (Lipinski definition) is 0. The van der Waals surface area contributed by atoms with Crippen LogP contribution in [0.3, 0.4) is 0 Å². The van der Waals surface area contributed by atoms with E-state index in [1.165, 1.54) is 23.7 Å². The third kappa shape index (κ3) is 6.43. The number of aryl methyl sites for hydroxylation is 1. The van der Waals surface area contributed by atoms with Crippen molar-refractivity contribution in [3.05, 3.63) is 34.4 Å². The minimum Gasteiger partial charge on any atom is -0.622 e. The van der Waals surface area contributed by atoms with E-state index in [9.17, 15) is 10.0 Å². The van der Waals surface area contributed by atoms with E-state index in [1.54, 1.807) is 6.07 Å². The molecule has 1 saturated heterocycles. The van der Waals surface area contributed by atoms with Crippen molar-refractivity contribution in [3.8, 4) is 12.3 Å². The minimum absolute atomic E-state index is 0.00426. The zero-order valence-electron chi connectivity index (χ0n) is 20.7. The molecule has 0 aliphatic carbocycles. The second kappa shape index (κ2) is 12.3. The first-order valence-corrected chi connectivity index (χ1v) is 13.6. The molecule has 0 radical (unpaired) electrons. The van der Waals surface area contributed by atoms with Gasteiger partial charge in [-0.15, -0.1) is 23.1 Å². The number of quaternary nitrogens is 1. The second-order valence-corrected chi connectivity index (χ2v) is 11.0. The van der Waals surface area contributed by atoms with E-state index >= 15 is 0 Å². The molecule has 3 rings (SSSR count). The van der Waals surface area contributed by atoms with E-state index in [1.807, 2.05) is 11.8 Å². The number of hydrogen-bond acceptors (Lipinski definition) is 8. The smallest absolute Gasteiger partial charge is 0.378 e. The molecule has 0 aromatic carbocycles. The first kappa shape index (κ1) is 27.6. The Morgan fingerprint density at radius 2 is 2.14 bits per heavy atom. The van der Waals surface area contributed by atoms with Crippen LogP contribution < -0.4 is 4.65 Å². The highest BCUT2D eigenvalue weighted by Crippen LogP contribution is 2.40. The number of halogens is 1. The summed E-state index contributed by atoms with van der Waals surface area (Å²) in [5, 5.41) is 23.8. The van der Waals surface area contributed by atoms with E-state index in [4.69, 9.17) is 27.2 Å².